The molecule has 0 aliphatic heterocycles. The van der Waals surface area contributed by atoms with Crippen molar-refractivity contribution in [3.63, 3.8) is 0 Å². The van der Waals surface area contributed by atoms with Gasteiger partial charge in [0.1, 0.15) is 5.82 Å². The van der Waals surface area contributed by atoms with Gasteiger partial charge in [-0.3, -0.25) is 0 Å². The van der Waals surface area contributed by atoms with Gasteiger partial charge in [0, 0.05) is 12.0 Å². The molecule has 2 aromatic carbocycles. The maximum atomic E-state index is 14.3. The Balaban J connectivity index is 1.37. The van der Waals surface area contributed by atoms with E-state index in [1.165, 1.54) is 13.2 Å². The minimum atomic E-state index is -0.560. The standard InChI is InChI=1S/C25H29FN4O3/c1-33-21-7-6-16(14-17(21)26)15-20(22-27-18-4-2-3-5-19(18)28-22)29-23(31)30-24-8-11-25(32,12-9-24)13-10-24/h2-7,14,20,32H,8-13,15H2,1H3,(H,27,28)(H2,29,30,31). The molecular formula is C25H29FN4O3. The first-order valence-corrected chi connectivity index (χ1v) is 11.5. The monoisotopic (exact) mass is 452 g/mol. The van der Waals surface area contributed by atoms with Gasteiger partial charge in [-0.2, -0.15) is 0 Å². The zero-order valence-electron chi connectivity index (χ0n) is 18.7. The van der Waals surface area contributed by atoms with Crippen molar-refractivity contribution in [2.45, 2.75) is 62.1 Å². The average molecular weight is 453 g/mol. The molecule has 2 bridgehead atoms. The number of carbonyl (C=O) groups excluding carboxylic acids is 1. The highest BCUT2D eigenvalue weighted by atomic mass is 19.1. The number of hydrogen-bond acceptors (Lipinski definition) is 4. The number of urea groups is 1. The number of imidazole rings is 1. The lowest BCUT2D eigenvalue weighted by atomic mass is 9.63. The quantitative estimate of drug-likeness (QED) is 0.452. The largest absolute Gasteiger partial charge is 0.494 e. The second kappa shape index (κ2) is 8.33. The van der Waals surface area contributed by atoms with E-state index in [2.05, 4.69) is 20.6 Å². The Labute approximate surface area is 191 Å². The van der Waals surface area contributed by atoms with Crippen LogP contribution in [0.3, 0.4) is 0 Å². The zero-order valence-corrected chi connectivity index (χ0v) is 18.7. The Morgan fingerprint density at radius 1 is 1.18 bits per heavy atom. The second-order valence-electron chi connectivity index (χ2n) is 9.47. The van der Waals surface area contributed by atoms with E-state index in [9.17, 15) is 14.3 Å². The Hall–Kier alpha value is -3.13. The van der Waals surface area contributed by atoms with E-state index in [4.69, 9.17) is 4.74 Å². The van der Waals surface area contributed by atoms with Crippen LogP contribution in [0.5, 0.6) is 5.75 Å². The van der Waals surface area contributed by atoms with E-state index in [0.29, 0.717) is 31.5 Å². The number of aromatic nitrogens is 2. The first kappa shape index (κ1) is 21.7. The van der Waals surface area contributed by atoms with E-state index < -0.39 is 17.5 Å². The van der Waals surface area contributed by atoms with Crippen molar-refractivity contribution in [1.29, 1.82) is 0 Å². The molecule has 7 nitrogen and oxygen atoms in total. The number of benzene rings is 2. The third-order valence-corrected chi connectivity index (χ3v) is 7.28. The van der Waals surface area contributed by atoms with Crippen molar-refractivity contribution in [3.8, 4) is 5.75 Å². The summed E-state index contributed by atoms with van der Waals surface area (Å²) in [5.74, 6) is 0.346. The molecule has 8 heteroatoms. The maximum absolute atomic E-state index is 14.3. The van der Waals surface area contributed by atoms with E-state index in [-0.39, 0.29) is 17.3 Å². The Morgan fingerprint density at radius 2 is 1.91 bits per heavy atom. The van der Waals surface area contributed by atoms with Crippen molar-refractivity contribution >= 4 is 17.1 Å². The third-order valence-electron chi connectivity index (χ3n) is 7.28. The summed E-state index contributed by atoms with van der Waals surface area (Å²) in [6, 6.07) is 11.7. The summed E-state index contributed by atoms with van der Waals surface area (Å²) in [6.45, 7) is 0. The average Bonchev–Trinajstić information content (AvgIpc) is 3.24. The number of nitrogens with one attached hydrogen (secondary N) is 3. The molecule has 3 aromatic rings. The predicted molar refractivity (Wildman–Crippen MR) is 123 cm³/mol. The van der Waals surface area contributed by atoms with Crippen LogP contribution in [0.15, 0.2) is 42.5 Å². The molecule has 0 radical (unpaired) electrons. The van der Waals surface area contributed by atoms with Gasteiger partial charge in [0.15, 0.2) is 11.6 Å². The lowest BCUT2D eigenvalue weighted by Gasteiger charge is -2.51. The van der Waals surface area contributed by atoms with Gasteiger partial charge >= 0.3 is 6.03 Å². The van der Waals surface area contributed by atoms with Gasteiger partial charge in [0.2, 0.25) is 0 Å². The van der Waals surface area contributed by atoms with E-state index in [1.807, 2.05) is 24.3 Å². The van der Waals surface area contributed by atoms with E-state index >= 15 is 0 Å². The Kier molecular flexibility index (Phi) is 5.48. The molecule has 3 aliphatic rings. The summed E-state index contributed by atoms with van der Waals surface area (Å²) < 4.78 is 19.3. The Morgan fingerprint density at radius 3 is 2.58 bits per heavy atom. The normalized spacial score (nSPS) is 25.1. The van der Waals surface area contributed by atoms with Crippen LogP contribution in [0.4, 0.5) is 9.18 Å². The summed E-state index contributed by atoms with van der Waals surface area (Å²) >= 11 is 0. The fraction of sp³-hybridized carbons (Fsp3) is 0.440. The molecule has 1 heterocycles. The Bertz CT molecular complexity index is 1120. The second-order valence-corrected chi connectivity index (χ2v) is 9.47. The molecule has 33 heavy (non-hydrogen) atoms. The number of nitrogens with zero attached hydrogens (tertiary/aromatic N) is 1. The molecule has 3 fully saturated rings. The number of amides is 2. The SMILES string of the molecule is COc1ccc(CC(NC(=O)NC23CCC(O)(CC2)CC3)c2nc3ccccc3[nH]2)cc1F. The summed E-state index contributed by atoms with van der Waals surface area (Å²) in [6.07, 6.45) is 4.82. The number of methoxy groups -OCH3 is 1. The first-order valence-electron chi connectivity index (χ1n) is 11.5. The number of aromatic amines is 1. The fourth-order valence-corrected chi connectivity index (χ4v) is 5.21. The van der Waals surface area contributed by atoms with Gasteiger partial charge in [-0.1, -0.05) is 18.2 Å². The van der Waals surface area contributed by atoms with Crippen LogP contribution in [-0.4, -0.2) is 39.4 Å². The van der Waals surface area contributed by atoms with Crippen LogP contribution in [0, 0.1) is 5.82 Å². The van der Waals surface area contributed by atoms with Gasteiger partial charge < -0.3 is 25.5 Å². The number of H-pyrrole nitrogens is 1. The highest BCUT2D eigenvalue weighted by molar-refractivity contribution is 5.77. The lowest BCUT2D eigenvalue weighted by Crippen LogP contribution is -2.60. The van der Waals surface area contributed by atoms with Crippen LogP contribution >= 0.6 is 0 Å². The smallest absolute Gasteiger partial charge is 0.315 e. The van der Waals surface area contributed by atoms with Gasteiger partial charge in [-0.05, 0) is 68.4 Å². The molecule has 174 valence electrons. The molecule has 1 aromatic heterocycles. The number of carbonyl (C=O) groups is 1. The van der Waals surface area contributed by atoms with Gasteiger partial charge in [0.05, 0.1) is 29.8 Å². The van der Waals surface area contributed by atoms with Gasteiger partial charge in [-0.25, -0.2) is 14.2 Å². The van der Waals surface area contributed by atoms with Crippen molar-refractivity contribution in [3.05, 3.63) is 59.7 Å². The van der Waals surface area contributed by atoms with Crippen LogP contribution < -0.4 is 15.4 Å². The minimum Gasteiger partial charge on any atom is -0.494 e. The number of rotatable bonds is 6. The van der Waals surface area contributed by atoms with Crippen LogP contribution in [-0.2, 0) is 6.42 Å². The minimum absolute atomic E-state index is 0.179. The van der Waals surface area contributed by atoms with Crippen molar-refractivity contribution in [1.82, 2.24) is 20.6 Å². The number of halogens is 1. The van der Waals surface area contributed by atoms with Crippen molar-refractivity contribution in [2.75, 3.05) is 7.11 Å². The first-order chi connectivity index (χ1) is 15.9. The highest BCUT2D eigenvalue weighted by Crippen LogP contribution is 2.46. The highest BCUT2D eigenvalue weighted by Gasteiger charge is 2.48. The molecule has 1 unspecified atom stereocenters. The molecule has 1 atom stereocenters. The number of fused-ring (bicyclic) bond motifs is 4. The fourth-order valence-electron chi connectivity index (χ4n) is 5.21. The number of para-hydroxylation sites is 2. The van der Waals surface area contributed by atoms with E-state index in [1.54, 1.807) is 12.1 Å². The number of aliphatic hydroxyl groups is 1. The third kappa shape index (κ3) is 4.39. The van der Waals surface area contributed by atoms with Gasteiger partial charge in [0.25, 0.3) is 0 Å². The molecule has 4 N–H and O–H groups in total. The molecule has 3 aliphatic carbocycles. The van der Waals surface area contributed by atoms with Crippen molar-refractivity contribution < 1.29 is 19.0 Å². The van der Waals surface area contributed by atoms with Gasteiger partial charge in [-0.15, -0.1) is 0 Å². The molecule has 3 saturated carbocycles. The predicted octanol–water partition coefficient (Wildman–Crippen LogP) is 4.13. The summed E-state index contributed by atoms with van der Waals surface area (Å²) in [5, 5.41) is 16.7. The zero-order chi connectivity index (χ0) is 23.1. The lowest BCUT2D eigenvalue weighted by molar-refractivity contribution is -0.0694. The summed E-state index contributed by atoms with van der Waals surface area (Å²) in [7, 11) is 1.43. The van der Waals surface area contributed by atoms with E-state index in [0.717, 1.165) is 35.9 Å². The summed E-state index contributed by atoms with van der Waals surface area (Å²) in [5.41, 5.74) is 1.56. The van der Waals surface area contributed by atoms with Crippen LogP contribution in [0.2, 0.25) is 0 Å². The molecule has 0 saturated heterocycles. The maximum Gasteiger partial charge on any atom is 0.315 e. The number of ether oxygens (including phenoxy) is 1. The molecular weight excluding hydrogens is 423 g/mol. The van der Waals surface area contributed by atoms with Crippen LogP contribution in [0.1, 0.15) is 56.0 Å². The van der Waals surface area contributed by atoms with Crippen molar-refractivity contribution in [2.24, 2.45) is 0 Å². The number of hydrogen-bond donors (Lipinski definition) is 4. The summed E-state index contributed by atoms with van der Waals surface area (Å²) in [4.78, 5) is 21.1. The molecule has 0 spiro atoms. The molecule has 2 amide bonds. The van der Waals surface area contributed by atoms with Crippen LogP contribution in [0.25, 0.3) is 11.0 Å². The topological polar surface area (TPSA) is 99.3 Å². The molecule has 6 rings (SSSR count).